The van der Waals surface area contributed by atoms with Gasteiger partial charge in [-0.05, 0) is 86.9 Å². The van der Waals surface area contributed by atoms with Crippen LogP contribution in [-0.4, -0.2) is 90.6 Å². The minimum atomic E-state index is -3.34. The van der Waals surface area contributed by atoms with Crippen molar-refractivity contribution in [2.45, 2.75) is 159 Å². The topological polar surface area (TPSA) is 171 Å². The molecule has 6 rings (SSSR count). The molecule has 13 heteroatoms. The van der Waals surface area contributed by atoms with E-state index in [0.29, 0.717) is 57.5 Å². The lowest BCUT2D eigenvalue weighted by Crippen LogP contribution is -2.64. The smallest absolute Gasteiger partial charge is 0.315 e. The van der Waals surface area contributed by atoms with Gasteiger partial charge >= 0.3 is 6.03 Å². The summed E-state index contributed by atoms with van der Waals surface area (Å²) < 4.78 is 26.3. The molecule has 0 unspecified atom stereocenters. The van der Waals surface area contributed by atoms with Crippen molar-refractivity contribution in [1.82, 2.24) is 26.2 Å². The molecule has 0 bridgehead atoms. The zero-order chi connectivity index (χ0) is 36.6. The molecule has 6 fully saturated rings. The highest BCUT2D eigenvalue weighted by Crippen LogP contribution is 2.65. The Morgan fingerprint density at radius 2 is 1.55 bits per heavy atom. The van der Waals surface area contributed by atoms with E-state index in [9.17, 15) is 32.4 Å². The first kappa shape index (κ1) is 38.0. The third kappa shape index (κ3) is 8.12. The van der Waals surface area contributed by atoms with E-state index in [2.05, 4.69) is 35.1 Å². The molecular formula is C38H61N5O7S. The van der Waals surface area contributed by atoms with Gasteiger partial charge in [0, 0.05) is 13.1 Å². The predicted octanol–water partition coefficient (Wildman–Crippen LogP) is 3.77. The van der Waals surface area contributed by atoms with E-state index >= 15 is 0 Å². The number of carbonyl (C=O) groups excluding carboxylic acids is 5. The summed E-state index contributed by atoms with van der Waals surface area (Å²) in [5.41, 5.74) is -1.03. The number of carbonyl (C=O) groups is 5. The van der Waals surface area contributed by atoms with E-state index in [-0.39, 0.29) is 34.8 Å². The summed E-state index contributed by atoms with van der Waals surface area (Å²) in [5.74, 6) is -1.54. The number of ketones is 1. The molecular weight excluding hydrogens is 671 g/mol. The van der Waals surface area contributed by atoms with Crippen LogP contribution >= 0.6 is 0 Å². The van der Waals surface area contributed by atoms with Gasteiger partial charge < -0.3 is 26.2 Å². The molecule has 4 saturated carbocycles. The Balaban J connectivity index is 1.22. The molecule has 0 aromatic heterocycles. The summed E-state index contributed by atoms with van der Waals surface area (Å²) in [4.78, 5) is 70.7. The van der Waals surface area contributed by atoms with Crippen LogP contribution in [0, 0.1) is 29.1 Å². The van der Waals surface area contributed by atoms with Crippen LogP contribution in [0.3, 0.4) is 0 Å². The summed E-state index contributed by atoms with van der Waals surface area (Å²) in [7, 11) is -3.34. The number of urea groups is 1. The molecule has 12 nitrogen and oxygen atoms in total. The monoisotopic (exact) mass is 731 g/mol. The summed E-state index contributed by atoms with van der Waals surface area (Å²) >= 11 is 0. The van der Waals surface area contributed by atoms with Gasteiger partial charge in [0.1, 0.15) is 12.1 Å². The summed E-state index contributed by atoms with van der Waals surface area (Å²) in [5, 5.41) is 11.2. The molecule has 286 valence electrons. The average molecular weight is 732 g/mol. The minimum absolute atomic E-state index is 0.101. The summed E-state index contributed by atoms with van der Waals surface area (Å²) in [6, 6.07) is -3.17. The predicted molar refractivity (Wildman–Crippen MR) is 193 cm³/mol. The maximum Gasteiger partial charge on any atom is 0.315 e. The lowest BCUT2D eigenvalue weighted by molar-refractivity contribution is -0.145. The number of hydrogen-bond acceptors (Lipinski definition) is 7. The van der Waals surface area contributed by atoms with Crippen LogP contribution in [0.4, 0.5) is 4.79 Å². The summed E-state index contributed by atoms with van der Waals surface area (Å²) in [6.45, 7) is 6.86. The van der Waals surface area contributed by atoms with Crippen LogP contribution < -0.4 is 21.3 Å². The van der Waals surface area contributed by atoms with E-state index < -0.39 is 62.4 Å². The van der Waals surface area contributed by atoms with E-state index in [1.807, 2.05) is 6.92 Å². The first-order valence-electron chi connectivity index (χ1n) is 20.0. The Labute approximate surface area is 304 Å². The summed E-state index contributed by atoms with van der Waals surface area (Å²) in [6.07, 6.45) is 13.4. The molecule has 5 amide bonds. The van der Waals surface area contributed by atoms with Gasteiger partial charge in [-0.25, -0.2) is 13.2 Å². The lowest BCUT2D eigenvalue weighted by atomic mass is 9.78. The van der Waals surface area contributed by atoms with Crippen molar-refractivity contribution in [2.75, 3.05) is 18.8 Å². The Hall–Kier alpha value is -2.70. The zero-order valence-corrected chi connectivity index (χ0v) is 31.8. The van der Waals surface area contributed by atoms with Gasteiger partial charge in [-0.1, -0.05) is 72.1 Å². The van der Waals surface area contributed by atoms with Crippen LogP contribution in [0.2, 0.25) is 0 Å². The first-order valence-corrected chi connectivity index (χ1v) is 21.7. The molecule has 2 saturated heterocycles. The Morgan fingerprint density at radius 1 is 0.863 bits per heavy atom. The van der Waals surface area contributed by atoms with Crippen molar-refractivity contribution in [1.29, 1.82) is 0 Å². The van der Waals surface area contributed by atoms with Gasteiger partial charge in [0.15, 0.2) is 9.84 Å². The minimum Gasteiger partial charge on any atom is -0.349 e. The number of rotatable bonds is 14. The third-order valence-corrected chi connectivity index (χ3v) is 15.9. The van der Waals surface area contributed by atoms with Gasteiger partial charge in [0.2, 0.25) is 17.6 Å². The SMILES string of the molecule is CCCNC(=O)C(=O)[C@H](CCC1CC1)NC(=O)[C@@H]1[C@@H]2[C@H](CN1C(=O)[C@@H](NC(=O)NC1([C@H]3CCCS3(=O)=O)CCCCC1)C1CCCCC1)C2(C)C. The zero-order valence-electron chi connectivity index (χ0n) is 31.0. The van der Waals surface area contributed by atoms with Crippen molar-refractivity contribution >= 4 is 39.4 Å². The van der Waals surface area contributed by atoms with Crippen LogP contribution in [-0.2, 0) is 29.0 Å². The van der Waals surface area contributed by atoms with E-state index in [0.717, 1.165) is 70.6 Å². The lowest BCUT2D eigenvalue weighted by Gasteiger charge is -2.43. The molecule has 0 aromatic carbocycles. The molecule has 0 radical (unpaired) electrons. The van der Waals surface area contributed by atoms with Gasteiger partial charge in [0.05, 0.1) is 22.6 Å². The number of hydrogen-bond donors (Lipinski definition) is 4. The highest BCUT2D eigenvalue weighted by Gasteiger charge is 2.70. The highest BCUT2D eigenvalue weighted by molar-refractivity contribution is 7.92. The van der Waals surface area contributed by atoms with Crippen LogP contribution in [0.5, 0.6) is 0 Å². The van der Waals surface area contributed by atoms with Crippen molar-refractivity contribution in [2.24, 2.45) is 29.1 Å². The van der Waals surface area contributed by atoms with Gasteiger partial charge in [-0.3, -0.25) is 19.2 Å². The third-order valence-electron chi connectivity index (χ3n) is 13.4. The molecule has 51 heavy (non-hydrogen) atoms. The standard InChI is InChI=1S/C38H61N5O7S/c1-4-21-39-34(46)32(44)27(18-17-24-15-16-24)40-33(45)31-29-26(37(29,2)3)23-43(31)35(47)30(25-12-7-5-8-13-25)41-36(48)42-38(19-9-6-10-20-38)28-14-11-22-51(28,49)50/h24-31H,4-23H2,1-3H3,(H,39,46)(H,40,45)(H2,41,42,48)/t26-,27-,28+,29-,30-,31-/m0/s1. The van der Waals surface area contributed by atoms with Crippen molar-refractivity contribution in [3.63, 3.8) is 0 Å². The number of amides is 5. The number of nitrogens with one attached hydrogen (secondary N) is 4. The molecule has 4 N–H and O–H groups in total. The molecule has 4 aliphatic carbocycles. The fourth-order valence-electron chi connectivity index (χ4n) is 10.2. The molecule has 2 aliphatic heterocycles. The van der Waals surface area contributed by atoms with Crippen LogP contribution in [0.1, 0.15) is 130 Å². The van der Waals surface area contributed by atoms with Crippen molar-refractivity contribution in [3.05, 3.63) is 0 Å². The number of piperidine rings is 1. The molecule has 0 aromatic rings. The Bertz CT molecular complexity index is 1450. The number of sulfone groups is 1. The van der Waals surface area contributed by atoms with Crippen molar-refractivity contribution in [3.8, 4) is 0 Å². The largest absolute Gasteiger partial charge is 0.349 e. The second-order valence-corrected chi connectivity index (χ2v) is 19.6. The van der Waals surface area contributed by atoms with Crippen LogP contribution in [0.15, 0.2) is 0 Å². The van der Waals surface area contributed by atoms with E-state index in [1.54, 1.807) is 4.90 Å². The average Bonchev–Trinajstić information content (AvgIpc) is 3.91. The number of fused-ring (bicyclic) bond motifs is 1. The van der Waals surface area contributed by atoms with Gasteiger partial charge in [-0.15, -0.1) is 0 Å². The second-order valence-electron chi connectivity index (χ2n) is 17.3. The first-order chi connectivity index (χ1) is 24.3. The maximum absolute atomic E-state index is 14.7. The van der Waals surface area contributed by atoms with Gasteiger partial charge in [-0.2, -0.15) is 0 Å². The molecule has 6 atom stereocenters. The Morgan fingerprint density at radius 3 is 2.18 bits per heavy atom. The maximum atomic E-state index is 14.7. The highest BCUT2D eigenvalue weighted by atomic mass is 32.2. The normalized spacial score (nSPS) is 30.4. The van der Waals surface area contributed by atoms with Crippen LogP contribution in [0.25, 0.3) is 0 Å². The fourth-order valence-corrected chi connectivity index (χ4v) is 12.5. The number of nitrogens with zero attached hydrogens (tertiary/aromatic N) is 1. The van der Waals surface area contributed by atoms with E-state index in [1.165, 1.54) is 0 Å². The van der Waals surface area contributed by atoms with E-state index in [4.69, 9.17) is 0 Å². The molecule has 0 spiro atoms. The number of Topliss-reactive ketones (excluding diaryl/α,β-unsaturated/α-hetero) is 1. The molecule has 2 heterocycles. The molecule has 6 aliphatic rings. The van der Waals surface area contributed by atoms with Gasteiger partial charge in [0.25, 0.3) is 5.91 Å². The fraction of sp³-hybridized carbons (Fsp3) is 0.868. The van der Waals surface area contributed by atoms with Crippen molar-refractivity contribution < 1.29 is 32.4 Å². The Kier molecular flexibility index (Phi) is 11.4. The second kappa shape index (κ2) is 15.3. The quantitative estimate of drug-likeness (QED) is 0.197. The number of likely N-dealkylation sites (tertiary alicyclic amines) is 1.